The van der Waals surface area contributed by atoms with Crippen molar-refractivity contribution in [1.29, 1.82) is 0 Å². The number of carboxylic acid groups (broad SMARTS) is 1. The zero-order valence-electron chi connectivity index (χ0n) is 18.0. The van der Waals surface area contributed by atoms with Crippen LogP contribution >= 0.6 is 0 Å². The summed E-state index contributed by atoms with van der Waals surface area (Å²) in [6.07, 6.45) is 2.76. The fraction of sp³-hybridized carbons (Fsp3) is 0.231. The third-order valence-corrected chi connectivity index (χ3v) is 5.20. The van der Waals surface area contributed by atoms with Crippen molar-refractivity contribution in [3.63, 3.8) is 0 Å². The molecule has 0 aliphatic rings. The van der Waals surface area contributed by atoms with Gasteiger partial charge in [-0.3, -0.25) is 9.69 Å². The molecule has 0 aliphatic carbocycles. The van der Waals surface area contributed by atoms with E-state index in [2.05, 4.69) is 12.2 Å². The van der Waals surface area contributed by atoms with Crippen molar-refractivity contribution in [3.05, 3.63) is 83.9 Å². The SMILES string of the molecule is CCCc1ccc(NC(=O)N(C)c2cccc(-c3ccc(CCC(=O)O)cc3)c2)cc1. The summed E-state index contributed by atoms with van der Waals surface area (Å²) in [6, 6.07) is 23.4. The molecule has 0 saturated heterocycles. The zero-order chi connectivity index (χ0) is 22.2. The van der Waals surface area contributed by atoms with E-state index in [1.165, 1.54) is 5.56 Å². The van der Waals surface area contributed by atoms with Gasteiger partial charge in [0.25, 0.3) is 0 Å². The minimum atomic E-state index is -0.796. The van der Waals surface area contributed by atoms with Crippen molar-refractivity contribution in [1.82, 2.24) is 0 Å². The van der Waals surface area contributed by atoms with Gasteiger partial charge in [-0.15, -0.1) is 0 Å². The zero-order valence-corrected chi connectivity index (χ0v) is 18.0. The van der Waals surface area contributed by atoms with E-state index in [4.69, 9.17) is 5.11 Å². The number of nitrogens with one attached hydrogen (secondary N) is 1. The molecule has 0 heterocycles. The highest BCUT2D eigenvalue weighted by molar-refractivity contribution is 6.01. The summed E-state index contributed by atoms with van der Waals surface area (Å²) in [7, 11) is 1.74. The van der Waals surface area contributed by atoms with Crippen LogP contribution in [0.1, 0.15) is 30.9 Å². The number of nitrogens with zero attached hydrogens (tertiary/aromatic N) is 1. The maximum absolute atomic E-state index is 12.7. The predicted octanol–water partition coefficient (Wildman–Crippen LogP) is 5.99. The molecule has 0 radical (unpaired) electrons. The van der Waals surface area contributed by atoms with E-state index in [0.717, 1.165) is 40.9 Å². The van der Waals surface area contributed by atoms with Crippen LogP contribution in [0.2, 0.25) is 0 Å². The maximum atomic E-state index is 12.7. The molecule has 0 saturated carbocycles. The minimum absolute atomic E-state index is 0.121. The van der Waals surface area contributed by atoms with Crippen LogP contribution in [0.3, 0.4) is 0 Å². The molecule has 3 aromatic carbocycles. The molecule has 0 aliphatic heterocycles. The Morgan fingerprint density at radius 2 is 1.52 bits per heavy atom. The van der Waals surface area contributed by atoms with Gasteiger partial charge in [-0.1, -0.05) is 61.9 Å². The number of carbonyl (C=O) groups excluding carboxylic acids is 1. The number of rotatable bonds is 8. The summed E-state index contributed by atoms with van der Waals surface area (Å²) < 4.78 is 0. The number of hydrogen-bond donors (Lipinski definition) is 2. The van der Waals surface area contributed by atoms with Crippen LogP contribution in [0.15, 0.2) is 72.8 Å². The number of carboxylic acids is 1. The molecule has 0 unspecified atom stereocenters. The quantitative estimate of drug-likeness (QED) is 0.474. The number of benzene rings is 3. The first-order valence-electron chi connectivity index (χ1n) is 10.5. The van der Waals surface area contributed by atoms with Gasteiger partial charge in [0.15, 0.2) is 0 Å². The van der Waals surface area contributed by atoms with Gasteiger partial charge in [-0.25, -0.2) is 4.79 Å². The summed E-state index contributed by atoms with van der Waals surface area (Å²) >= 11 is 0. The average Bonchev–Trinajstić information content (AvgIpc) is 2.79. The van der Waals surface area contributed by atoms with Gasteiger partial charge in [-0.2, -0.15) is 0 Å². The molecule has 0 atom stereocenters. The van der Waals surface area contributed by atoms with Crippen molar-refractivity contribution in [3.8, 4) is 11.1 Å². The number of urea groups is 1. The summed E-state index contributed by atoms with van der Waals surface area (Å²) in [6.45, 7) is 2.15. The molecule has 0 aromatic heterocycles. The molecule has 31 heavy (non-hydrogen) atoms. The van der Waals surface area contributed by atoms with Gasteiger partial charge in [-0.05, 0) is 59.4 Å². The largest absolute Gasteiger partial charge is 0.481 e. The molecule has 5 heteroatoms. The van der Waals surface area contributed by atoms with E-state index in [0.29, 0.717) is 6.42 Å². The number of anilines is 2. The minimum Gasteiger partial charge on any atom is -0.481 e. The second-order valence-electron chi connectivity index (χ2n) is 7.58. The van der Waals surface area contributed by atoms with Gasteiger partial charge in [0, 0.05) is 24.8 Å². The van der Waals surface area contributed by atoms with Crippen molar-refractivity contribution in [2.75, 3.05) is 17.3 Å². The lowest BCUT2D eigenvalue weighted by atomic mass is 10.0. The Kier molecular flexibility index (Phi) is 7.44. The van der Waals surface area contributed by atoms with Gasteiger partial charge in [0.2, 0.25) is 0 Å². The summed E-state index contributed by atoms with van der Waals surface area (Å²) in [5, 5.41) is 11.8. The van der Waals surface area contributed by atoms with E-state index in [1.54, 1.807) is 11.9 Å². The van der Waals surface area contributed by atoms with E-state index in [1.807, 2.05) is 72.8 Å². The lowest BCUT2D eigenvalue weighted by molar-refractivity contribution is -0.136. The van der Waals surface area contributed by atoms with E-state index >= 15 is 0 Å². The topological polar surface area (TPSA) is 69.6 Å². The first-order valence-corrected chi connectivity index (χ1v) is 10.5. The normalized spacial score (nSPS) is 10.5. The van der Waals surface area contributed by atoms with Crippen LogP contribution in [0.25, 0.3) is 11.1 Å². The number of aliphatic carboxylic acids is 1. The smallest absolute Gasteiger partial charge is 0.326 e. The molecular formula is C26H28N2O3. The second-order valence-corrected chi connectivity index (χ2v) is 7.58. The Morgan fingerprint density at radius 3 is 2.16 bits per heavy atom. The summed E-state index contributed by atoms with van der Waals surface area (Å²) in [5.74, 6) is -0.796. The van der Waals surface area contributed by atoms with Crippen LogP contribution in [0.4, 0.5) is 16.2 Å². The lowest BCUT2D eigenvalue weighted by Gasteiger charge is -2.19. The number of aryl methyl sites for hydroxylation is 2. The molecule has 0 bridgehead atoms. The van der Waals surface area contributed by atoms with Crippen molar-refractivity contribution < 1.29 is 14.7 Å². The van der Waals surface area contributed by atoms with Gasteiger partial charge in [0.05, 0.1) is 0 Å². The van der Waals surface area contributed by atoms with Crippen LogP contribution in [0.5, 0.6) is 0 Å². The van der Waals surface area contributed by atoms with Crippen LogP contribution in [-0.2, 0) is 17.6 Å². The lowest BCUT2D eigenvalue weighted by Crippen LogP contribution is -2.31. The number of carbonyl (C=O) groups is 2. The third-order valence-electron chi connectivity index (χ3n) is 5.20. The molecule has 3 aromatic rings. The van der Waals surface area contributed by atoms with Crippen molar-refractivity contribution >= 4 is 23.4 Å². The molecule has 0 fully saturated rings. The first kappa shape index (κ1) is 22.1. The van der Waals surface area contributed by atoms with Crippen LogP contribution < -0.4 is 10.2 Å². The van der Waals surface area contributed by atoms with E-state index in [9.17, 15) is 9.59 Å². The van der Waals surface area contributed by atoms with Crippen molar-refractivity contribution in [2.45, 2.75) is 32.6 Å². The van der Waals surface area contributed by atoms with Crippen molar-refractivity contribution in [2.24, 2.45) is 0 Å². The Balaban J connectivity index is 1.68. The monoisotopic (exact) mass is 416 g/mol. The Hall–Kier alpha value is -3.60. The highest BCUT2D eigenvalue weighted by Gasteiger charge is 2.12. The standard InChI is InChI=1S/C26H28N2O3/c1-3-5-19-10-15-23(16-11-19)27-26(31)28(2)24-7-4-6-22(18-24)21-13-8-20(9-14-21)12-17-25(29)30/h4,6-11,13-16,18H,3,5,12,17H2,1-2H3,(H,27,31)(H,29,30). The fourth-order valence-electron chi connectivity index (χ4n) is 3.38. The Morgan fingerprint density at radius 1 is 0.871 bits per heavy atom. The van der Waals surface area contributed by atoms with Gasteiger partial charge < -0.3 is 10.4 Å². The molecular weight excluding hydrogens is 388 g/mol. The fourth-order valence-corrected chi connectivity index (χ4v) is 3.38. The predicted molar refractivity (Wildman–Crippen MR) is 126 cm³/mol. The maximum Gasteiger partial charge on any atom is 0.326 e. The molecule has 2 N–H and O–H groups in total. The highest BCUT2D eigenvalue weighted by Crippen LogP contribution is 2.25. The number of hydrogen-bond acceptors (Lipinski definition) is 2. The van der Waals surface area contributed by atoms with Crippen LogP contribution in [-0.4, -0.2) is 24.2 Å². The Bertz CT molecular complexity index is 1030. The summed E-state index contributed by atoms with van der Waals surface area (Å²) in [4.78, 5) is 25.0. The third kappa shape index (κ3) is 6.19. The second kappa shape index (κ2) is 10.4. The van der Waals surface area contributed by atoms with E-state index < -0.39 is 5.97 Å². The van der Waals surface area contributed by atoms with E-state index in [-0.39, 0.29) is 12.5 Å². The Labute approximate surface area is 183 Å². The molecule has 0 spiro atoms. The molecule has 2 amide bonds. The average molecular weight is 417 g/mol. The first-order chi connectivity index (χ1) is 15.0. The van der Waals surface area contributed by atoms with Crippen LogP contribution in [0, 0.1) is 0 Å². The highest BCUT2D eigenvalue weighted by atomic mass is 16.4. The molecule has 160 valence electrons. The van der Waals surface area contributed by atoms with Gasteiger partial charge >= 0.3 is 12.0 Å². The number of amides is 2. The summed E-state index contributed by atoms with van der Waals surface area (Å²) in [5.41, 5.74) is 5.81. The van der Waals surface area contributed by atoms with Gasteiger partial charge in [0.1, 0.15) is 0 Å². The molecule has 3 rings (SSSR count). The molecule has 5 nitrogen and oxygen atoms in total.